The highest BCUT2D eigenvalue weighted by Gasteiger charge is 2.27. The quantitative estimate of drug-likeness (QED) is 0.554. The molecule has 0 bridgehead atoms. The molecular weight excluding hydrogens is 394 g/mol. The summed E-state index contributed by atoms with van der Waals surface area (Å²) < 4.78 is 5.06. The van der Waals surface area contributed by atoms with Gasteiger partial charge in [-0.2, -0.15) is 0 Å². The minimum Gasteiger partial charge on any atom is -0.461 e. The molecule has 0 saturated heterocycles. The molecule has 1 amide bonds. The number of hydrogen-bond acceptors (Lipinski definition) is 7. The van der Waals surface area contributed by atoms with Crippen LogP contribution in [0.5, 0.6) is 0 Å². The van der Waals surface area contributed by atoms with E-state index in [-0.39, 0.29) is 23.2 Å². The smallest absolute Gasteiger partial charge is 0.358 e. The first kappa shape index (κ1) is 20.3. The molecular formula is C17H18ClN3O3S2. The zero-order chi connectivity index (χ0) is 19.4. The maximum Gasteiger partial charge on any atom is 0.358 e. The number of ether oxygens (including phenoxy) is 1. The fraction of sp³-hybridized carbons (Fsp3) is 0.294. The monoisotopic (exact) mass is 411 g/mol. The molecule has 0 N–H and O–H groups in total. The molecule has 1 aromatic heterocycles. The van der Waals surface area contributed by atoms with Gasteiger partial charge in [0.15, 0.2) is 10.8 Å². The van der Waals surface area contributed by atoms with Gasteiger partial charge in [-0.3, -0.25) is 4.79 Å². The van der Waals surface area contributed by atoms with E-state index in [1.807, 2.05) is 14.1 Å². The first-order valence-corrected chi connectivity index (χ1v) is 9.29. The molecule has 0 aliphatic carbocycles. The predicted molar refractivity (Wildman–Crippen MR) is 108 cm³/mol. The van der Waals surface area contributed by atoms with Gasteiger partial charge in [0.25, 0.3) is 5.91 Å². The van der Waals surface area contributed by atoms with Crippen LogP contribution in [0.15, 0.2) is 24.3 Å². The summed E-state index contributed by atoms with van der Waals surface area (Å²) in [5, 5.41) is 1.13. The third-order valence-corrected chi connectivity index (χ3v) is 5.45. The van der Waals surface area contributed by atoms with Crippen LogP contribution in [0.2, 0.25) is 5.02 Å². The van der Waals surface area contributed by atoms with Crippen LogP contribution in [-0.4, -0.2) is 54.5 Å². The predicted octanol–water partition coefficient (Wildman–Crippen LogP) is 3.49. The number of benzene rings is 1. The molecule has 26 heavy (non-hydrogen) atoms. The van der Waals surface area contributed by atoms with Crippen molar-refractivity contribution in [1.29, 1.82) is 0 Å². The molecule has 1 heterocycles. The average molecular weight is 412 g/mol. The summed E-state index contributed by atoms with van der Waals surface area (Å²) in [5.41, 5.74) is 0.551. The van der Waals surface area contributed by atoms with Crippen LogP contribution in [-0.2, 0) is 4.74 Å². The van der Waals surface area contributed by atoms with E-state index in [0.717, 1.165) is 0 Å². The standard InChI is InChI=1S/C17H18ClN3O3S2/c1-5-24-16(23)12-13(26-17(19-12)20(2)3)15(25)21(4)14(22)10-6-8-11(18)9-7-10/h6-9H,5H2,1-4H3. The molecule has 0 spiro atoms. The van der Waals surface area contributed by atoms with Gasteiger partial charge in [0, 0.05) is 31.7 Å². The van der Waals surface area contributed by atoms with Crippen molar-refractivity contribution in [3.05, 3.63) is 45.4 Å². The molecule has 2 rings (SSSR count). The molecule has 0 aliphatic heterocycles. The van der Waals surface area contributed by atoms with Crippen molar-refractivity contribution >= 4 is 57.2 Å². The van der Waals surface area contributed by atoms with E-state index in [0.29, 0.717) is 20.6 Å². The zero-order valence-corrected chi connectivity index (χ0v) is 17.2. The summed E-state index contributed by atoms with van der Waals surface area (Å²) in [6, 6.07) is 6.50. The number of nitrogens with zero attached hydrogens (tertiary/aromatic N) is 3. The SMILES string of the molecule is CCOC(=O)c1nc(N(C)C)sc1C(=S)N(C)C(=O)c1ccc(Cl)cc1. The molecule has 6 nitrogen and oxygen atoms in total. The Hall–Kier alpha value is -2.03. The van der Waals surface area contributed by atoms with Gasteiger partial charge in [0.1, 0.15) is 4.99 Å². The lowest BCUT2D eigenvalue weighted by Crippen LogP contribution is -2.33. The van der Waals surface area contributed by atoms with Crippen LogP contribution in [0.25, 0.3) is 0 Å². The van der Waals surface area contributed by atoms with E-state index in [1.54, 1.807) is 43.1 Å². The Morgan fingerprint density at radius 1 is 1.23 bits per heavy atom. The summed E-state index contributed by atoms with van der Waals surface area (Å²) in [4.78, 5) is 32.9. The first-order chi connectivity index (χ1) is 12.3. The lowest BCUT2D eigenvalue weighted by atomic mass is 10.2. The molecule has 2 aromatic rings. The van der Waals surface area contributed by atoms with Crippen molar-refractivity contribution < 1.29 is 14.3 Å². The summed E-state index contributed by atoms with van der Waals surface area (Å²) in [6.45, 7) is 1.94. The Balaban J connectivity index is 2.36. The van der Waals surface area contributed by atoms with Crippen molar-refractivity contribution in [2.75, 3.05) is 32.6 Å². The number of anilines is 1. The first-order valence-electron chi connectivity index (χ1n) is 7.69. The maximum absolute atomic E-state index is 12.7. The number of thiazole rings is 1. The molecule has 0 saturated carbocycles. The molecule has 0 fully saturated rings. The minimum atomic E-state index is -0.568. The number of amides is 1. The second-order valence-corrected chi connectivity index (χ2v) is 7.27. The van der Waals surface area contributed by atoms with Crippen molar-refractivity contribution in [2.45, 2.75) is 6.92 Å². The van der Waals surface area contributed by atoms with E-state index < -0.39 is 5.97 Å². The number of hydrogen-bond donors (Lipinski definition) is 0. The number of esters is 1. The molecule has 1 aromatic carbocycles. The minimum absolute atomic E-state index is 0.112. The van der Waals surface area contributed by atoms with Crippen molar-refractivity contribution in [2.24, 2.45) is 0 Å². The van der Waals surface area contributed by atoms with Crippen LogP contribution < -0.4 is 4.90 Å². The fourth-order valence-electron chi connectivity index (χ4n) is 2.01. The molecule has 138 valence electrons. The highest BCUT2D eigenvalue weighted by molar-refractivity contribution is 7.81. The lowest BCUT2D eigenvalue weighted by Gasteiger charge is -2.17. The van der Waals surface area contributed by atoms with Crippen LogP contribution in [0, 0.1) is 0 Å². The van der Waals surface area contributed by atoms with Gasteiger partial charge in [-0.1, -0.05) is 35.2 Å². The van der Waals surface area contributed by atoms with Gasteiger partial charge in [-0.25, -0.2) is 9.78 Å². The van der Waals surface area contributed by atoms with Crippen LogP contribution in [0.4, 0.5) is 5.13 Å². The Bertz CT molecular complexity index is 834. The molecule has 9 heteroatoms. The normalized spacial score (nSPS) is 10.3. The lowest BCUT2D eigenvalue weighted by molar-refractivity contribution is 0.0519. The maximum atomic E-state index is 12.7. The highest BCUT2D eigenvalue weighted by atomic mass is 35.5. The number of thiocarbonyl (C=S) groups is 1. The fourth-order valence-corrected chi connectivity index (χ4v) is 3.40. The highest BCUT2D eigenvalue weighted by Crippen LogP contribution is 2.28. The Labute approximate surface area is 166 Å². The molecule has 0 atom stereocenters. The topological polar surface area (TPSA) is 62.7 Å². The number of halogens is 1. The van der Waals surface area contributed by atoms with Gasteiger partial charge in [0.2, 0.25) is 0 Å². The summed E-state index contributed by atoms with van der Waals surface area (Å²) in [5.74, 6) is -0.872. The van der Waals surface area contributed by atoms with E-state index in [9.17, 15) is 9.59 Å². The van der Waals surface area contributed by atoms with Gasteiger partial charge < -0.3 is 14.5 Å². The second kappa shape index (κ2) is 8.57. The Morgan fingerprint density at radius 2 is 1.85 bits per heavy atom. The van der Waals surface area contributed by atoms with Crippen molar-refractivity contribution in [3.63, 3.8) is 0 Å². The zero-order valence-electron chi connectivity index (χ0n) is 14.8. The van der Waals surface area contributed by atoms with E-state index in [2.05, 4.69) is 4.98 Å². The van der Waals surface area contributed by atoms with Gasteiger partial charge >= 0.3 is 5.97 Å². The van der Waals surface area contributed by atoms with Crippen LogP contribution >= 0.6 is 35.2 Å². The Kier molecular flexibility index (Phi) is 6.69. The summed E-state index contributed by atoms with van der Waals surface area (Å²) >= 11 is 12.5. The average Bonchev–Trinajstić information content (AvgIpc) is 3.06. The van der Waals surface area contributed by atoms with Gasteiger partial charge in [-0.05, 0) is 31.2 Å². The van der Waals surface area contributed by atoms with Crippen LogP contribution in [0.3, 0.4) is 0 Å². The van der Waals surface area contributed by atoms with Crippen LogP contribution in [0.1, 0.15) is 32.6 Å². The van der Waals surface area contributed by atoms with E-state index >= 15 is 0 Å². The second-order valence-electron chi connectivity index (χ2n) is 5.47. The largest absolute Gasteiger partial charge is 0.461 e. The number of carbonyl (C=O) groups is 2. The Morgan fingerprint density at radius 3 is 2.38 bits per heavy atom. The van der Waals surface area contributed by atoms with E-state index in [1.165, 1.54) is 16.2 Å². The molecule has 0 radical (unpaired) electrons. The van der Waals surface area contributed by atoms with Crippen molar-refractivity contribution in [3.8, 4) is 0 Å². The molecule has 0 aliphatic rings. The number of aromatic nitrogens is 1. The van der Waals surface area contributed by atoms with Gasteiger partial charge in [0.05, 0.1) is 11.5 Å². The summed E-state index contributed by atoms with van der Waals surface area (Å²) in [6.07, 6.45) is 0. The third kappa shape index (κ3) is 4.38. The van der Waals surface area contributed by atoms with Gasteiger partial charge in [-0.15, -0.1) is 0 Å². The number of carbonyl (C=O) groups excluding carboxylic acids is 2. The third-order valence-electron chi connectivity index (χ3n) is 3.36. The summed E-state index contributed by atoms with van der Waals surface area (Å²) in [7, 11) is 5.18. The van der Waals surface area contributed by atoms with E-state index in [4.69, 9.17) is 28.6 Å². The van der Waals surface area contributed by atoms with Crippen molar-refractivity contribution in [1.82, 2.24) is 9.88 Å². The molecule has 0 unspecified atom stereocenters. The number of rotatable bonds is 5.